The predicted molar refractivity (Wildman–Crippen MR) is 71.7 cm³/mol. The Hall–Kier alpha value is -0.940. The minimum atomic E-state index is -1.20. The van der Waals surface area contributed by atoms with E-state index < -0.39 is 5.60 Å². The lowest BCUT2D eigenvalue weighted by Crippen LogP contribution is -2.52. The quantitative estimate of drug-likeness (QED) is 0.781. The molecule has 0 aromatic heterocycles. The third-order valence-electron chi connectivity index (χ3n) is 4.63. The molecular weight excluding hydrogens is 244 g/mol. The molecule has 5 heteroatoms. The van der Waals surface area contributed by atoms with Gasteiger partial charge in [0.15, 0.2) is 5.78 Å². The van der Waals surface area contributed by atoms with Crippen molar-refractivity contribution in [3.05, 3.63) is 0 Å². The zero-order valence-electron chi connectivity index (χ0n) is 11.9. The van der Waals surface area contributed by atoms with Crippen molar-refractivity contribution in [2.75, 3.05) is 33.2 Å². The number of rotatable bonds is 2. The fraction of sp³-hybridized carbons (Fsp3) is 0.857. The number of ketones is 1. The van der Waals surface area contributed by atoms with Gasteiger partial charge in [0.25, 0.3) is 0 Å². The second-order valence-electron chi connectivity index (χ2n) is 5.99. The standard InChI is InChI=1S/C14H24N2O3/c1-11(17)14(19)5-9-16(10-6-14)13(18)12-3-7-15(2)8-4-12/h12,19H,3-10H2,1-2H3. The van der Waals surface area contributed by atoms with Crippen molar-refractivity contribution in [2.45, 2.75) is 38.2 Å². The van der Waals surface area contributed by atoms with Crippen LogP contribution in [0.5, 0.6) is 0 Å². The number of likely N-dealkylation sites (tertiary alicyclic amines) is 2. The summed E-state index contributed by atoms with van der Waals surface area (Å²) in [6.07, 6.45) is 2.59. The van der Waals surface area contributed by atoms with Crippen LogP contribution >= 0.6 is 0 Å². The van der Waals surface area contributed by atoms with Gasteiger partial charge < -0.3 is 14.9 Å². The van der Waals surface area contributed by atoms with Crippen LogP contribution < -0.4 is 0 Å². The molecule has 0 radical (unpaired) electrons. The van der Waals surface area contributed by atoms with Gasteiger partial charge in [-0.25, -0.2) is 0 Å². The van der Waals surface area contributed by atoms with E-state index in [0.29, 0.717) is 25.9 Å². The number of carbonyl (C=O) groups is 2. The molecule has 0 atom stereocenters. The maximum absolute atomic E-state index is 12.4. The number of carbonyl (C=O) groups excluding carboxylic acids is 2. The van der Waals surface area contributed by atoms with Gasteiger partial charge in [0, 0.05) is 31.8 Å². The van der Waals surface area contributed by atoms with Crippen molar-refractivity contribution in [1.82, 2.24) is 9.80 Å². The minimum absolute atomic E-state index is 0.125. The van der Waals surface area contributed by atoms with Crippen molar-refractivity contribution in [3.8, 4) is 0 Å². The maximum atomic E-state index is 12.4. The molecule has 2 aliphatic rings. The molecule has 5 nitrogen and oxygen atoms in total. The lowest BCUT2D eigenvalue weighted by molar-refractivity contribution is -0.148. The molecule has 0 bridgehead atoms. The van der Waals surface area contributed by atoms with Crippen molar-refractivity contribution in [3.63, 3.8) is 0 Å². The van der Waals surface area contributed by atoms with Crippen LogP contribution in [0, 0.1) is 5.92 Å². The van der Waals surface area contributed by atoms with Crippen LogP contribution in [0.3, 0.4) is 0 Å². The highest BCUT2D eigenvalue weighted by Crippen LogP contribution is 2.26. The first kappa shape index (κ1) is 14.5. The highest BCUT2D eigenvalue weighted by Gasteiger charge is 2.39. The number of hydrogen-bond donors (Lipinski definition) is 1. The van der Waals surface area contributed by atoms with Crippen LogP contribution in [0.1, 0.15) is 32.6 Å². The van der Waals surface area contributed by atoms with Gasteiger partial charge in [-0.3, -0.25) is 9.59 Å². The van der Waals surface area contributed by atoms with E-state index in [1.54, 1.807) is 0 Å². The summed E-state index contributed by atoms with van der Waals surface area (Å²) in [7, 11) is 2.08. The summed E-state index contributed by atoms with van der Waals surface area (Å²) in [4.78, 5) is 27.8. The smallest absolute Gasteiger partial charge is 0.225 e. The molecule has 1 N–H and O–H groups in total. The van der Waals surface area contributed by atoms with E-state index in [9.17, 15) is 14.7 Å². The molecule has 0 aromatic carbocycles. The van der Waals surface area contributed by atoms with Crippen LogP contribution in [-0.4, -0.2) is 65.4 Å². The molecule has 0 saturated carbocycles. The molecule has 2 rings (SSSR count). The SMILES string of the molecule is CC(=O)C1(O)CCN(C(=O)C2CCN(C)CC2)CC1. The Morgan fingerprint density at radius 3 is 2.11 bits per heavy atom. The molecule has 2 aliphatic heterocycles. The number of piperidine rings is 2. The Balaban J connectivity index is 1.87. The van der Waals surface area contributed by atoms with Crippen molar-refractivity contribution in [2.24, 2.45) is 5.92 Å². The Morgan fingerprint density at radius 2 is 1.63 bits per heavy atom. The molecule has 0 unspecified atom stereocenters. The van der Waals surface area contributed by atoms with Crippen molar-refractivity contribution >= 4 is 11.7 Å². The lowest BCUT2D eigenvalue weighted by atomic mass is 9.86. The zero-order valence-corrected chi connectivity index (χ0v) is 11.9. The molecule has 2 heterocycles. The van der Waals surface area contributed by atoms with Crippen molar-refractivity contribution < 1.29 is 14.7 Å². The fourth-order valence-electron chi connectivity index (χ4n) is 2.96. The molecule has 19 heavy (non-hydrogen) atoms. The first-order valence-corrected chi connectivity index (χ1v) is 7.13. The van der Waals surface area contributed by atoms with Gasteiger partial charge in [0.2, 0.25) is 5.91 Å². The summed E-state index contributed by atoms with van der Waals surface area (Å²) in [6.45, 7) is 4.38. The Labute approximate surface area is 114 Å². The van der Waals surface area contributed by atoms with Crippen LogP contribution in [0.2, 0.25) is 0 Å². The van der Waals surface area contributed by atoms with E-state index in [2.05, 4.69) is 11.9 Å². The summed E-state index contributed by atoms with van der Waals surface area (Å²) < 4.78 is 0. The topological polar surface area (TPSA) is 60.9 Å². The molecule has 2 saturated heterocycles. The summed E-state index contributed by atoms with van der Waals surface area (Å²) in [5.74, 6) is 0.150. The average Bonchev–Trinajstić information content (AvgIpc) is 2.39. The molecule has 0 aliphatic carbocycles. The number of aliphatic hydroxyl groups is 1. The summed E-state index contributed by atoms with van der Waals surface area (Å²) in [6, 6.07) is 0. The Bertz CT molecular complexity index is 354. The van der Waals surface area contributed by atoms with Crippen LogP contribution in [0.15, 0.2) is 0 Å². The predicted octanol–water partition coefficient (Wildman–Crippen LogP) is 0.271. The lowest BCUT2D eigenvalue weighted by Gasteiger charge is -2.39. The second-order valence-corrected chi connectivity index (χ2v) is 5.99. The Morgan fingerprint density at radius 1 is 1.11 bits per heavy atom. The van der Waals surface area contributed by atoms with E-state index in [-0.39, 0.29) is 17.6 Å². The molecule has 2 fully saturated rings. The van der Waals surface area contributed by atoms with Crippen LogP contribution in [-0.2, 0) is 9.59 Å². The highest BCUT2D eigenvalue weighted by atomic mass is 16.3. The normalized spacial score (nSPS) is 25.3. The number of amides is 1. The van der Waals surface area contributed by atoms with E-state index in [1.807, 2.05) is 4.90 Å². The maximum Gasteiger partial charge on any atom is 0.225 e. The van der Waals surface area contributed by atoms with Gasteiger partial charge in [0.1, 0.15) is 5.60 Å². The highest BCUT2D eigenvalue weighted by molar-refractivity contribution is 5.85. The molecule has 0 spiro atoms. The van der Waals surface area contributed by atoms with E-state index in [4.69, 9.17) is 0 Å². The van der Waals surface area contributed by atoms with Gasteiger partial charge in [-0.05, 0) is 39.9 Å². The Kier molecular flexibility index (Phi) is 4.26. The average molecular weight is 268 g/mol. The van der Waals surface area contributed by atoms with E-state index in [0.717, 1.165) is 25.9 Å². The summed E-state index contributed by atoms with van der Waals surface area (Å²) in [5.41, 5.74) is -1.20. The fourth-order valence-corrected chi connectivity index (χ4v) is 2.96. The second kappa shape index (κ2) is 5.59. The first-order valence-electron chi connectivity index (χ1n) is 7.13. The monoisotopic (exact) mass is 268 g/mol. The summed E-state index contributed by atoms with van der Waals surface area (Å²) >= 11 is 0. The largest absolute Gasteiger partial charge is 0.382 e. The van der Waals surface area contributed by atoms with Crippen LogP contribution in [0.25, 0.3) is 0 Å². The van der Waals surface area contributed by atoms with E-state index in [1.165, 1.54) is 6.92 Å². The molecule has 1 amide bonds. The number of nitrogens with zero attached hydrogens (tertiary/aromatic N) is 2. The third kappa shape index (κ3) is 3.15. The molecular formula is C14H24N2O3. The van der Waals surface area contributed by atoms with Crippen molar-refractivity contribution in [1.29, 1.82) is 0 Å². The third-order valence-corrected chi connectivity index (χ3v) is 4.63. The van der Waals surface area contributed by atoms with Gasteiger partial charge in [0.05, 0.1) is 0 Å². The molecule has 108 valence electrons. The van der Waals surface area contributed by atoms with Crippen LogP contribution in [0.4, 0.5) is 0 Å². The number of Topliss-reactive ketones (excluding diaryl/α,β-unsaturated/α-hetero) is 1. The van der Waals surface area contributed by atoms with Gasteiger partial charge in [-0.2, -0.15) is 0 Å². The first-order chi connectivity index (χ1) is 8.92. The zero-order chi connectivity index (χ0) is 14.0. The minimum Gasteiger partial charge on any atom is -0.382 e. The number of hydrogen-bond acceptors (Lipinski definition) is 4. The van der Waals surface area contributed by atoms with Gasteiger partial charge in [-0.1, -0.05) is 0 Å². The van der Waals surface area contributed by atoms with Gasteiger partial charge >= 0.3 is 0 Å². The molecule has 0 aromatic rings. The summed E-state index contributed by atoms with van der Waals surface area (Å²) in [5, 5.41) is 10.1. The van der Waals surface area contributed by atoms with E-state index >= 15 is 0 Å². The van der Waals surface area contributed by atoms with Gasteiger partial charge in [-0.15, -0.1) is 0 Å².